The van der Waals surface area contributed by atoms with Gasteiger partial charge in [-0.25, -0.2) is 4.98 Å². The highest BCUT2D eigenvalue weighted by molar-refractivity contribution is 7.80. The molecule has 0 unspecified atom stereocenters. The molecule has 1 N–H and O–H groups in total. The molecule has 5 nitrogen and oxygen atoms in total. The molecule has 0 radical (unpaired) electrons. The minimum Gasteiger partial charge on any atom is -0.385 e. The molecule has 0 amide bonds. The number of aromatic nitrogens is 2. The molecule has 0 fully saturated rings. The Hall–Kier alpha value is -1.14. The van der Waals surface area contributed by atoms with Crippen LogP contribution in [0.2, 0.25) is 0 Å². The molecule has 0 atom stereocenters. The SMILES string of the molecule is COCCCNC(=S)N(C)Cc1nccn1C. The Kier molecular flexibility index (Phi) is 5.93. The first-order valence-electron chi connectivity index (χ1n) is 5.59. The van der Waals surface area contributed by atoms with Crippen molar-refractivity contribution < 1.29 is 4.74 Å². The Morgan fingerprint density at radius 1 is 1.65 bits per heavy atom. The summed E-state index contributed by atoms with van der Waals surface area (Å²) in [5.74, 6) is 0.994. The quantitative estimate of drug-likeness (QED) is 0.601. The van der Waals surface area contributed by atoms with Crippen LogP contribution in [0.3, 0.4) is 0 Å². The van der Waals surface area contributed by atoms with Gasteiger partial charge in [-0.05, 0) is 18.6 Å². The summed E-state index contributed by atoms with van der Waals surface area (Å²) >= 11 is 5.28. The van der Waals surface area contributed by atoms with Crippen molar-refractivity contribution in [3.05, 3.63) is 18.2 Å². The Morgan fingerprint density at radius 3 is 3.00 bits per heavy atom. The molecule has 6 heteroatoms. The van der Waals surface area contributed by atoms with E-state index in [1.807, 2.05) is 29.8 Å². The molecular weight excluding hydrogens is 236 g/mol. The number of hydrogen-bond acceptors (Lipinski definition) is 3. The predicted octanol–water partition coefficient (Wildman–Crippen LogP) is 0.763. The molecule has 0 bridgehead atoms. The fraction of sp³-hybridized carbons (Fsp3) is 0.636. The van der Waals surface area contributed by atoms with Crippen LogP contribution >= 0.6 is 12.2 Å². The van der Waals surface area contributed by atoms with Crippen LogP contribution in [0.4, 0.5) is 0 Å². The van der Waals surface area contributed by atoms with Gasteiger partial charge >= 0.3 is 0 Å². The van der Waals surface area contributed by atoms with Gasteiger partial charge in [0.05, 0.1) is 6.54 Å². The van der Waals surface area contributed by atoms with Crippen molar-refractivity contribution in [2.75, 3.05) is 27.3 Å². The largest absolute Gasteiger partial charge is 0.385 e. The number of imidazole rings is 1. The molecular formula is C11H20N4OS. The number of thiocarbonyl (C=S) groups is 1. The minimum atomic E-state index is 0.708. The van der Waals surface area contributed by atoms with Gasteiger partial charge in [-0.2, -0.15) is 0 Å². The zero-order valence-electron chi connectivity index (χ0n) is 10.6. The van der Waals surface area contributed by atoms with E-state index in [1.54, 1.807) is 13.3 Å². The van der Waals surface area contributed by atoms with Crippen molar-refractivity contribution in [1.29, 1.82) is 0 Å². The lowest BCUT2D eigenvalue weighted by atomic mass is 10.4. The number of methoxy groups -OCH3 is 1. The van der Waals surface area contributed by atoms with Crippen LogP contribution in [0.25, 0.3) is 0 Å². The van der Waals surface area contributed by atoms with E-state index in [1.165, 1.54) is 0 Å². The minimum absolute atomic E-state index is 0.708. The van der Waals surface area contributed by atoms with Crippen LogP contribution in [-0.2, 0) is 18.3 Å². The number of nitrogens with one attached hydrogen (secondary N) is 1. The number of ether oxygens (including phenoxy) is 1. The summed E-state index contributed by atoms with van der Waals surface area (Å²) in [6.07, 6.45) is 4.67. The van der Waals surface area contributed by atoms with Gasteiger partial charge < -0.3 is 19.5 Å². The molecule has 0 saturated heterocycles. The van der Waals surface area contributed by atoms with E-state index >= 15 is 0 Å². The van der Waals surface area contributed by atoms with Crippen molar-refractivity contribution in [2.24, 2.45) is 7.05 Å². The molecule has 0 spiro atoms. The van der Waals surface area contributed by atoms with Gasteiger partial charge in [0.25, 0.3) is 0 Å². The monoisotopic (exact) mass is 256 g/mol. The summed E-state index contributed by atoms with van der Waals surface area (Å²) in [6, 6.07) is 0. The van der Waals surface area contributed by atoms with Gasteiger partial charge in [0.1, 0.15) is 5.82 Å². The van der Waals surface area contributed by atoms with Crippen LogP contribution in [0.15, 0.2) is 12.4 Å². The molecule has 1 aromatic rings. The van der Waals surface area contributed by atoms with Gasteiger partial charge in [0.2, 0.25) is 0 Å². The smallest absolute Gasteiger partial charge is 0.169 e. The van der Waals surface area contributed by atoms with Crippen molar-refractivity contribution in [3.8, 4) is 0 Å². The lowest BCUT2D eigenvalue weighted by molar-refractivity contribution is 0.195. The summed E-state index contributed by atoms with van der Waals surface area (Å²) < 4.78 is 6.96. The van der Waals surface area contributed by atoms with Gasteiger partial charge in [-0.3, -0.25) is 0 Å². The van der Waals surface area contributed by atoms with Crippen molar-refractivity contribution in [3.63, 3.8) is 0 Å². The second-order valence-corrected chi connectivity index (χ2v) is 4.28. The topological polar surface area (TPSA) is 42.3 Å². The summed E-state index contributed by atoms with van der Waals surface area (Å²) in [4.78, 5) is 6.24. The van der Waals surface area contributed by atoms with Crippen LogP contribution < -0.4 is 5.32 Å². The first-order chi connectivity index (χ1) is 8.15. The molecule has 0 aliphatic rings. The molecule has 1 heterocycles. The fourth-order valence-electron chi connectivity index (χ4n) is 1.38. The van der Waals surface area contributed by atoms with E-state index in [2.05, 4.69) is 10.3 Å². The van der Waals surface area contributed by atoms with E-state index in [0.717, 1.165) is 30.5 Å². The van der Waals surface area contributed by atoms with E-state index in [0.29, 0.717) is 6.54 Å². The Bertz CT molecular complexity index is 353. The zero-order valence-corrected chi connectivity index (χ0v) is 11.5. The van der Waals surface area contributed by atoms with Gasteiger partial charge in [-0.15, -0.1) is 0 Å². The lowest BCUT2D eigenvalue weighted by Crippen LogP contribution is -2.37. The van der Waals surface area contributed by atoms with Crippen molar-refractivity contribution in [1.82, 2.24) is 19.8 Å². The standard InChI is InChI=1S/C11H20N4OS/c1-14-7-6-12-10(14)9-15(2)11(17)13-5-4-8-16-3/h6-7H,4-5,8-9H2,1-3H3,(H,13,17). The Balaban J connectivity index is 2.30. The third-order valence-electron chi connectivity index (χ3n) is 2.45. The summed E-state index contributed by atoms with van der Waals surface area (Å²) in [5.41, 5.74) is 0. The van der Waals surface area contributed by atoms with E-state index in [-0.39, 0.29) is 0 Å². The van der Waals surface area contributed by atoms with Crippen molar-refractivity contribution in [2.45, 2.75) is 13.0 Å². The fourth-order valence-corrected chi connectivity index (χ4v) is 1.55. The molecule has 17 heavy (non-hydrogen) atoms. The molecule has 0 aromatic carbocycles. The highest BCUT2D eigenvalue weighted by atomic mass is 32.1. The van der Waals surface area contributed by atoms with E-state index in [4.69, 9.17) is 17.0 Å². The van der Waals surface area contributed by atoms with Crippen LogP contribution in [0.1, 0.15) is 12.2 Å². The van der Waals surface area contributed by atoms with Gasteiger partial charge in [-0.1, -0.05) is 0 Å². The van der Waals surface area contributed by atoms with Gasteiger partial charge in [0, 0.05) is 46.8 Å². The average molecular weight is 256 g/mol. The van der Waals surface area contributed by atoms with Crippen molar-refractivity contribution >= 4 is 17.3 Å². The summed E-state index contributed by atoms with van der Waals surface area (Å²) in [7, 11) is 5.64. The Morgan fingerprint density at radius 2 is 2.41 bits per heavy atom. The van der Waals surface area contributed by atoms with Crippen LogP contribution in [0.5, 0.6) is 0 Å². The average Bonchev–Trinajstić information content (AvgIpc) is 2.70. The second-order valence-electron chi connectivity index (χ2n) is 3.89. The van der Waals surface area contributed by atoms with E-state index in [9.17, 15) is 0 Å². The van der Waals surface area contributed by atoms with Crippen LogP contribution in [-0.4, -0.2) is 46.9 Å². The molecule has 0 saturated carbocycles. The predicted molar refractivity (Wildman–Crippen MR) is 71.8 cm³/mol. The molecule has 0 aliphatic heterocycles. The molecule has 96 valence electrons. The summed E-state index contributed by atoms with van der Waals surface area (Å²) in [6.45, 7) is 2.29. The molecule has 0 aliphatic carbocycles. The van der Waals surface area contributed by atoms with Gasteiger partial charge in [0.15, 0.2) is 5.11 Å². The molecule has 1 rings (SSSR count). The maximum absolute atomic E-state index is 5.28. The second kappa shape index (κ2) is 7.24. The molecule has 1 aromatic heterocycles. The Labute approximate surface area is 108 Å². The maximum Gasteiger partial charge on any atom is 0.169 e. The number of hydrogen-bond donors (Lipinski definition) is 1. The maximum atomic E-state index is 5.28. The first kappa shape index (κ1) is 13.9. The highest BCUT2D eigenvalue weighted by Gasteiger charge is 2.07. The number of aryl methyl sites for hydroxylation is 1. The third kappa shape index (κ3) is 4.70. The number of rotatable bonds is 6. The third-order valence-corrected chi connectivity index (χ3v) is 2.90. The zero-order chi connectivity index (χ0) is 12.7. The van der Waals surface area contributed by atoms with E-state index < -0.39 is 0 Å². The van der Waals surface area contributed by atoms with Crippen LogP contribution in [0, 0.1) is 0 Å². The lowest BCUT2D eigenvalue weighted by Gasteiger charge is -2.20. The normalized spacial score (nSPS) is 10.3. The summed E-state index contributed by atoms with van der Waals surface area (Å²) in [5, 5.41) is 3.93. The number of nitrogens with zero attached hydrogens (tertiary/aromatic N) is 3. The first-order valence-corrected chi connectivity index (χ1v) is 6.00. The highest BCUT2D eigenvalue weighted by Crippen LogP contribution is 1.99.